The number of carbonyl (C=O) groups is 2. The second kappa shape index (κ2) is 7.04. The quantitative estimate of drug-likeness (QED) is 0.502. The maximum absolute atomic E-state index is 12.7. The van der Waals surface area contributed by atoms with Crippen molar-refractivity contribution in [3.8, 4) is 5.75 Å². The number of phenolic OH excluding ortho intramolecular Hbond substituents is 1. The van der Waals surface area contributed by atoms with Crippen molar-refractivity contribution < 1.29 is 19.8 Å². The van der Waals surface area contributed by atoms with Gasteiger partial charge in [0, 0.05) is 12.1 Å². The molecule has 0 saturated carbocycles. The Kier molecular flexibility index (Phi) is 4.80. The number of benzene rings is 2. The SMILES string of the molecule is CCCN1C(=O)C(=O)/C(=C(\O)c2ccc(C)cc2)C1c1ccc(O)cc1. The van der Waals surface area contributed by atoms with Gasteiger partial charge in [-0.3, -0.25) is 9.59 Å². The van der Waals surface area contributed by atoms with Crippen molar-refractivity contribution in [1.29, 1.82) is 0 Å². The third-order valence-corrected chi connectivity index (χ3v) is 4.54. The largest absolute Gasteiger partial charge is 0.508 e. The molecule has 1 unspecified atom stereocenters. The number of aliphatic hydroxyl groups excluding tert-OH is 1. The molecule has 2 N–H and O–H groups in total. The van der Waals surface area contributed by atoms with Gasteiger partial charge in [0.15, 0.2) is 0 Å². The molecule has 134 valence electrons. The topological polar surface area (TPSA) is 77.8 Å². The van der Waals surface area contributed by atoms with Crippen molar-refractivity contribution in [2.75, 3.05) is 6.54 Å². The zero-order valence-electron chi connectivity index (χ0n) is 14.8. The molecule has 1 fully saturated rings. The summed E-state index contributed by atoms with van der Waals surface area (Å²) in [6.45, 7) is 4.26. The number of rotatable bonds is 4. The summed E-state index contributed by atoms with van der Waals surface area (Å²) in [5.41, 5.74) is 2.28. The molecule has 26 heavy (non-hydrogen) atoms. The maximum atomic E-state index is 12.7. The minimum absolute atomic E-state index is 0.0815. The molecule has 1 amide bonds. The Morgan fingerprint density at radius 1 is 1.04 bits per heavy atom. The molecule has 2 aromatic carbocycles. The number of ketones is 1. The standard InChI is InChI=1S/C21H21NO4/c1-3-12-22-18(14-8-10-16(23)11-9-14)17(20(25)21(22)26)19(24)15-6-4-13(2)5-7-15/h4-11,18,23-24H,3,12H2,1-2H3/b19-17-. The second-order valence-corrected chi connectivity index (χ2v) is 6.45. The molecule has 0 aromatic heterocycles. The van der Waals surface area contributed by atoms with E-state index < -0.39 is 17.7 Å². The summed E-state index contributed by atoms with van der Waals surface area (Å²) >= 11 is 0. The highest BCUT2D eigenvalue weighted by Crippen LogP contribution is 2.39. The van der Waals surface area contributed by atoms with Gasteiger partial charge in [0.2, 0.25) is 0 Å². The first-order valence-electron chi connectivity index (χ1n) is 8.58. The average molecular weight is 351 g/mol. The summed E-state index contributed by atoms with van der Waals surface area (Å²) in [4.78, 5) is 26.7. The third-order valence-electron chi connectivity index (χ3n) is 4.54. The Balaban J connectivity index is 2.17. The van der Waals surface area contributed by atoms with Crippen LogP contribution in [-0.4, -0.2) is 33.3 Å². The fourth-order valence-corrected chi connectivity index (χ4v) is 3.22. The van der Waals surface area contributed by atoms with Gasteiger partial charge in [0.05, 0.1) is 11.6 Å². The van der Waals surface area contributed by atoms with Gasteiger partial charge in [-0.25, -0.2) is 0 Å². The van der Waals surface area contributed by atoms with Gasteiger partial charge >= 0.3 is 0 Å². The van der Waals surface area contributed by atoms with Gasteiger partial charge in [0.1, 0.15) is 11.5 Å². The van der Waals surface area contributed by atoms with E-state index >= 15 is 0 Å². The van der Waals surface area contributed by atoms with E-state index in [-0.39, 0.29) is 17.1 Å². The fraction of sp³-hybridized carbons (Fsp3) is 0.238. The second-order valence-electron chi connectivity index (χ2n) is 6.45. The average Bonchev–Trinajstić information content (AvgIpc) is 2.88. The van der Waals surface area contributed by atoms with Crippen LogP contribution >= 0.6 is 0 Å². The van der Waals surface area contributed by atoms with E-state index in [0.29, 0.717) is 24.1 Å². The van der Waals surface area contributed by atoms with Gasteiger partial charge in [-0.05, 0) is 31.0 Å². The summed E-state index contributed by atoms with van der Waals surface area (Å²) < 4.78 is 0. The Hall–Kier alpha value is -3.08. The lowest BCUT2D eigenvalue weighted by atomic mass is 9.95. The predicted octanol–water partition coefficient (Wildman–Crippen LogP) is 3.53. The van der Waals surface area contributed by atoms with Crippen molar-refractivity contribution >= 4 is 17.4 Å². The number of aromatic hydroxyl groups is 1. The van der Waals surface area contributed by atoms with Gasteiger partial charge < -0.3 is 15.1 Å². The van der Waals surface area contributed by atoms with Crippen LogP contribution in [0.25, 0.3) is 5.76 Å². The van der Waals surface area contributed by atoms with E-state index in [2.05, 4.69) is 0 Å². The van der Waals surface area contributed by atoms with Crippen LogP contribution in [0.4, 0.5) is 0 Å². The van der Waals surface area contributed by atoms with Crippen LogP contribution in [0.15, 0.2) is 54.1 Å². The number of aliphatic hydroxyl groups is 1. The first-order valence-corrected chi connectivity index (χ1v) is 8.58. The summed E-state index contributed by atoms with van der Waals surface area (Å²) in [7, 11) is 0. The van der Waals surface area contributed by atoms with Gasteiger partial charge in [-0.15, -0.1) is 0 Å². The molecule has 1 heterocycles. The molecule has 5 heteroatoms. The molecule has 3 rings (SSSR count). The lowest BCUT2D eigenvalue weighted by molar-refractivity contribution is -0.139. The first kappa shape index (κ1) is 17.7. The van der Waals surface area contributed by atoms with Crippen molar-refractivity contribution in [1.82, 2.24) is 4.90 Å². The van der Waals surface area contributed by atoms with Gasteiger partial charge in [-0.1, -0.05) is 48.9 Å². The molecule has 1 saturated heterocycles. The normalized spacial score (nSPS) is 19.2. The molecule has 2 aromatic rings. The maximum Gasteiger partial charge on any atom is 0.295 e. The molecule has 0 bridgehead atoms. The van der Waals surface area contributed by atoms with E-state index in [1.54, 1.807) is 24.3 Å². The van der Waals surface area contributed by atoms with E-state index in [4.69, 9.17) is 0 Å². The van der Waals surface area contributed by atoms with Crippen molar-refractivity contribution in [2.45, 2.75) is 26.3 Å². The number of Topliss-reactive ketones (excluding diaryl/α,β-unsaturated/α-hetero) is 1. The highest BCUT2D eigenvalue weighted by molar-refractivity contribution is 6.46. The van der Waals surface area contributed by atoms with E-state index in [9.17, 15) is 19.8 Å². The zero-order valence-corrected chi connectivity index (χ0v) is 14.8. The molecule has 0 aliphatic carbocycles. The number of likely N-dealkylation sites (tertiary alicyclic amines) is 1. The van der Waals surface area contributed by atoms with Crippen LogP contribution in [0.2, 0.25) is 0 Å². The van der Waals surface area contributed by atoms with E-state index in [1.165, 1.54) is 17.0 Å². The monoisotopic (exact) mass is 351 g/mol. The molecular formula is C21H21NO4. The number of carbonyl (C=O) groups excluding carboxylic acids is 2. The number of amides is 1. The van der Waals surface area contributed by atoms with Crippen molar-refractivity contribution in [3.05, 3.63) is 70.8 Å². The number of phenols is 1. The lowest BCUT2D eigenvalue weighted by Gasteiger charge is -2.24. The van der Waals surface area contributed by atoms with Crippen molar-refractivity contribution in [3.63, 3.8) is 0 Å². The molecule has 1 atom stereocenters. The summed E-state index contributed by atoms with van der Waals surface area (Å²) in [5.74, 6) is -1.38. The molecule has 5 nitrogen and oxygen atoms in total. The number of hydrogen-bond donors (Lipinski definition) is 2. The lowest BCUT2D eigenvalue weighted by Crippen LogP contribution is -2.30. The summed E-state index contributed by atoms with van der Waals surface area (Å²) in [6.07, 6.45) is 0.687. The molecular weight excluding hydrogens is 330 g/mol. The highest BCUT2D eigenvalue weighted by atomic mass is 16.3. The Morgan fingerprint density at radius 3 is 2.23 bits per heavy atom. The Bertz CT molecular complexity index is 866. The van der Waals surface area contributed by atoms with Crippen LogP contribution in [-0.2, 0) is 9.59 Å². The van der Waals surface area contributed by atoms with Crippen LogP contribution in [0.3, 0.4) is 0 Å². The minimum Gasteiger partial charge on any atom is -0.508 e. The van der Waals surface area contributed by atoms with Crippen LogP contribution < -0.4 is 0 Å². The third kappa shape index (κ3) is 3.08. The highest BCUT2D eigenvalue weighted by Gasteiger charge is 2.45. The number of hydrogen-bond acceptors (Lipinski definition) is 4. The predicted molar refractivity (Wildman–Crippen MR) is 98.6 cm³/mol. The first-order chi connectivity index (χ1) is 12.4. The van der Waals surface area contributed by atoms with Crippen LogP contribution in [0.5, 0.6) is 5.75 Å². The summed E-state index contributed by atoms with van der Waals surface area (Å²) in [6, 6.07) is 12.8. The van der Waals surface area contributed by atoms with Gasteiger partial charge in [-0.2, -0.15) is 0 Å². The molecule has 0 radical (unpaired) electrons. The zero-order chi connectivity index (χ0) is 18.8. The molecule has 0 spiro atoms. The summed E-state index contributed by atoms with van der Waals surface area (Å²) in [5, 5.41) is 20.3. The molecule has 1 aliphatic heterocycles. The number of nitrogens with zero attached hydrogens (tertiary/aromatic N) is 1. The fourth-order valence-electron chi connectivity index (χ4n) is 3.22. The Labute approximate surface area is 152 Å². The Morgan fingerprint density at radius 2 is 1.65 bits per heavy atom. The number of aryl methyl sites for hydroxylation is 1. The van der Waals surface area contributed by atoms with Crippen molar-refractivity contribution in [2.24, 2.45) is 0 Å². The van der Waals surface area contributed by atoms with Crippen LogP contribution in [0.1, 0.15) is 36.1 Å². The smallest absolute Gasteiger partial charge is 0.295 e. The van der Waals surface area contributed by atoms with Crippen LogP contribution in [0, 0.1) is 6.92 Å². The molecule has 1 aliphatic rings. The minimum atomic E-state index is -0.686. The van der Waals surface area contributed by atoms with E-state index in [1.807, 2.05) is 26.0 Å². The van der Waals surface area contributed by atoms with E-state index in [0.717, 1.165) is 5.56 Å². The van der Waals surface area contributed by atoms with Gasteiger partial charge in [0.25, 0.3) is 11.7 Å².